The van der Waals surface area contributed by atoms with E-state index in [1.165, 1.54) is 0 Å². The third-order valence-corrected chi connectivity index (χ3v) is 1.18. The molecule has 0 heterocycles. The number of nitrogens with one attached hydrogen (secondary N) is 1. The molecule has 6 heteroatoms. The zero-order valence-electron chi connectivity index (χ0n) is 7.11. The molecule has 0 unspecified atom stereocenters. The topological polar surface area (TPSA) is 21.3 Å². The Kier molecular flexibility index (Phi) is 8.02. The quantitative estimate of drug-likeness (QED) is 0.477. The summed E-state index contributed by atoms with van der Waals surface area (Å²) >= 11 is 0. The monoisotopic (exact) mass is 203 g/mol. The standard InChI is InChI=1S/C7H13F4NO/c8-6(9)4-12-2-1-3-13-5-7(10)11/h6-7,12H,1-5H2. The molecule has 0 aromatic rings. The van der Waals surface area contributed by atoms with E-state index in [0.717, 1.165) is 0 Å². The highest BCUT2D eigenvalue weighted by Crippen LogP contribution is 1.93. The molecule has 0 fully saturated rings. The van der Waals surface area contributed by atoms with Crippen LogP contribution in [0, 0.1) is 0 Å². The van der Waals surface area contributed by atoms with Crippen LogP contribution in [-0.4, -0.2) is 39.2 Å². The maximum absolute atomic E-state index is 11.5. The normalized spacial score (nSPS) is 11.5. The number of rotatable bonds is 8. The van der Waals surface area contributed by atoms with Crippen LogP contribution in [0.1, 0.15) is 6.42 Å². The fraction of sp³-hybridized carbons (Fsp3) is 1.00. The summed E-state index contributed by atoms with van der Waals surface area (Å²) in [6, 6.07) is 0. The highest BCUT2D eigenvalue weighted by Gasteiger charge is 2.02. The summed E-state index contributed by atoms with van der Waals surface area (Å²) in [4.78, 5) is 0. The lowest BCUT2D eigenvalue weighted by Crippen LogP contribution is -2.23. The molecular formula is C7H13F4NO. The van der Waals surface area contributed by atoms with Gasteiger partial charge in [0.15, 0.2) is 0 Å². The van der Waals surface area contributed by atoms with Crippen molar-refractivity contribution in [2.24, 2.45) is 0 Å². The van der Waals surface area contributed by atoms with Crippen molar-refractivity contribution in [3.8, 4) is 0 Å². The molecule has 80 valence electrons. The van der Waals surface area contributed by atoms with Gasteiger partial charge in [-0.05, 0) is 13.0 Å². The first-order valence-corrected chi connectivity index (χ1v) is 3.97. The van der Waals surface area contributed by atoms with E-state index in [4.69, 9.17) is 0 Å². The van der Waals surface area contributed by atoms with Crippen LogP contribution >= 0.6 is 0 Å². The Balaban J connectivity index is 2.92. The van der Waals surface area contributed by atoms with Gasteiger partial charge in [-0.15, -0.1) is 0 Å². The fourth-order valence-electron chi connectivity index (χ4n) is 0.683. The SMILES string of the molecule is FC(F)CNCCCOCC(F)F. The molecule has 0 spiro atoms. The maximum atomic E-state index is 11.5. The summed E-state index contributed by atoms with van der Waals surface area (Å²) in [5.41, 5.74) is 0. The molecule has 0 aliphatic carbocycles. The van der Waals surface area contributed by atoms with E-state index in [1.54, 1.807) is 0 Å². The number of ether oxygens (including phenoxy) is 1. The summed E-state index contributed by atoms with van der Waals surface area (Å²) in [5.74, 6) is 0. The van der Waals surface area contributed by atoms with Gasteiger partial charge in [-0.1, -0.05) is 0 Å². The Labute approximate surface area is 74.3 Å². The van der Waals surface area contributed by atoms with Gasteiger partial charge >= 0.3 is 0 Å². The van der Waals surface area contributed by atoms with Crippen LogP contribution in [-0.2, 0) is 4.74 Å². The zero-order valence-corrected chi connectivity index (χ0v) is 7.11. The smallest absolute Gasteiger partial charge is 0.261 e. The highest BCUT2D eigenvalue weighted by atomic mass is 19.3. The molecule has 2 nitrogen and oxygen atoms in total. The van der Waals surface area contributed by atoms with E-state index in [-0.39, 0.29) is 13.2 Å². The van der Waals surface area contributed by atoms with Gasteiger partial charge in [-0.25, -0.2) is 17.6 Å². The van der Waals surface area contributed by atoms with Gasteiger partial charge in [0.25, 0.3) is 12.9 Å². The van der Waals surface area contributed by atoms with Crippen molar-refractivity contribution in [2.75, 3.05) is 26.3 Å². The van der Waals surface area contributed by atoms with Crippen molar-refractivity contribution in [3.05, 3.63) is 0 Å². The van der Waals surface area contributed by atoms with E-state index in [1.807, 2.05) is 0 Å². The molecule has 1 N–H and O–H groups in total. The lowest BCUT2D eigenvalue weighted by molar-refractivity contribution is 0.0166. The van der Waals surface area contributed by atoms with Crippen molar-refractivity contribution in [2.45, 2.75) is 19.3 Å². The van der Waals surface area contributed by atoms with E-state index >= 15 is 0 Å². The first kappa shape index (κ1) is 12.6. The van der Waals surface area contributed by atoms with E-state index in [2.05, 4.69) is 10.1 Å². The van der Waals surface area contributed by atoms with Gasteiger partial charge in [-0.2, -0.15) is 0 Å². The van der Waals surface area contributed by atoms with Gasteiger partial charge in [0.05, 0.1) is 6.54 Å². The second kappa shape index (κ2) is 8.25. The minimum atomic E-state index is -2.46. The van der Waals surface area contributed by atoms with Crippen LogP contribution in [0.25, 0.3) is 0 Å². The summed E-state index contributed by atoms with van der Waals surface area (Å²) in [6.07, 6.45) is -4.38. The van der Waals surface area contributed by atoms with Gasteiger partial charge in [0.2, 0.25) is 0 Å². The minimum Gasteiger partial charge on any atom is -0.375 e. The van der Waals surface area contributed by atoms with Gasteiger partial charge in [0.1, 0.15) is 6.61 Å². The number of alkyl halides is 4. The number of hydrogen-bond acceptors (Lipinski definition) is 2. The average Bonchev–Trinajstić information content (AvgIpc) is 2.01. The zero-order chi connectivity index (χ0) is 10.1. The largest absolute Gasteiger partial charge is 0.375 e. The summed E-state index contributed by atoms with van der Waals surface area (Å²) in [6.45, 7) is -0.433. The molecule has 0 rings (SSSR count). The van der Waals surface area contributed by atoms with Gasteiger partial charge < -0.3 is 10.1 Å². The molecule has 13 heavy (non-hydrogen) atoms. The van der Waals surface area contributed by atoms with Gasteiger partial charge in [0, 0.05) is 6.61 Å². The minimum absolute atomic E-state index is 0.167. The van der Waals surface area contributed by atoms with Crippen molar-refractivity contribution < 1.29 is 22.3 Å². The van der Waals surface area contributed by atoms with E-state index < -0.39 is 19.5 Å². The molecule has 0 aliphatic rings. The molecule has 0 bridgehead atoms. The Morgan fingerprint density at radius 3 is 2.31 bits per heavy atom. The fourth-order valence-corrected chi connectivity index (χ4v) is 0.683. The van der Waals surface area contributed by atoms with Crippen molar-refractivity contribution >= 4 is 0 Å². The molecule has 0 amide bonds. The van der Waals surface area contributed by atoms with Crippen molar-refractivity contribution in [1.82, 2.24) is 5.32 Å². The molecule has 0 saturated carbocycles. The maximum Gasteiger partial charge on any atom is 0.261 e. The summed E-state index contributed by atoms with van der Waals surface area (Å²) < 4.78 is 50.5. The molecule has 0 atom stereocenters. The third-order valence-electron chi connectivity index (χ3n) is 1.18. The van der Waals surface area contributed by atoms with Crippen LogP contribution in [0.4, 0.5) is 17.6 Å². The van der Waals surface area contributed by atoms with Gasteiger partial charge in [-0.3, -0.25) is 0 Å². The van der Waals surface area contributed by atoms with E-state index in [0.29, 0.717) is 13.0 Å². The van der Waals surface area contributed by atoms with Crippen LogP contribution in [0.15, 0.2) is 0 Å². The lowest BCUT2D eigenvalue weighted by Gasteiger charge is -2.04. The summed E-state index contributed by atoms with van der Waals surface area (Å²) in [7, 11) is 0. The van der Waals surface area contributed by atoms with Crippen molar-refractivity contribution in [1.29, 1.82) is 0 Å². The van der Waals surface area contributed by atoms with Crippen LogP contribution < -0.4 is 5.32 Å². The third kappa shape index (κ3) is 11.6. The second-order valence-corrected chi connectivity index (χ2v) is 2.41. The molecular weight excluding hydrogens is 190 g/mol. The Hall–Kier alpha value is -0.360. The first-order valence-electron chi connectivity index (χ1n) is 3.97. The molecule has 0 aromatic carbocycles. The Morgan fingerprint density at radius 1 is 1.08 bits per heavy atom. The number of halogens is 4. The molecule has 0 radical (unpaired) electrons. The Bertz CT molecular complexity index is 101. The Morgan fingerprint density at radius 2 is 1.77 bits per heavy atom. The van der Waals surface area contributed by atoms with Crippen LogP contribution in [0.5, 0.6) is 0 Å². The van der Waals surface area contributed by atoms with Crippen molar-refractivity contribution in [3.63, 3.8) is 0 Å². The first-order chi connectivity index (χ1) is 6.13. The second-order valence-electron chi connectivity index (χ2n) is 2.41. The number of hydrogen-bond donors (Lipinski definition) is 1. The average molecular weight is 203 g/mol. The predicted molar refractivity (Wildman–Crippen MR) is 40.3 cm³/mol. The summed E-state index contributed by atoms with van der Waals surface area (Å²) in [5, 5.41) is 2.46. The predicted octanol–water partition coefficient (Wildman–Crippen LogP) is 1.51. The van der Waals surface area contributed by atoms with Crippen LogP contribution in [0.2, 0.25) is 0 Å². The molecule has 0 aliphatic heterocycles. The molecule has 0 saturated heterocycles. The highest BCUT2D eigenvalue weighted by molar-refractivity contribution is 4.48. The van der Waals surface area contributed by atoms with E-state index in [9.17, 15) is 17.6 Å². The molecule has 0 aromatic heterocycles. The van der Waals surface area contributed by atoms with Crippen LogP contribution in [0.3, 0.4) is 0 Å². The lowest BCUT2D eigenvalue weighted by atomic mass is 10.4.